The van der Waals surface area contributed by atoms with E-state index in [2.05, 4.69) is 17.2 Å². The molecule has 0 aromatic heterocycles. The zero-order valence-electron chi connectivity index (χ0n) is 11.2. The smallest absolute Gasteiger partial charge is 0.243 e. The molecular weight excluding hydrogens is 256 g/mol. The molecule has 0 fully saturated rings. The van der Waals surface area contributed by atoms with E-state index in [0.29, 0.717) is 13.2 Å². The van der Waals surface area contributed by atoms with Gasteiger partial charge in [-0.1, -0.05) is 24.8 Å². The lowest BCUT2D eigenvalue weighted by molar-refractivity contribution is -0.122. The molecule has 0 bridgehead atoms. The van der Waals surface area contributed by atoms with Gasteiger partial charge in [-0.3, -0.25) is 9.59 Å². The van der Waals surface area contributed by atoms with Crippen molar-refractivity contribution in [3.05, 3.63) is 42.5 Å². The van der Waals surface area contributed by atoms with Crippen molar-refractivity contribution in [1.82, 2.24) is 10.6 Å². The molecule has 0 aliphatic carbocycles. The highest BCUT2D eigenvalue weighted by Crippen LogP contribution is 2.31. The van der Waals surface area contributed by atoms with Gasteiger partial charge in [0.05, 0.1) is 12.6 Å². The van der Waals surface area contributed by atoms with Crippen LogP contribution in [0.25, 0.3) is 0 Å². The number of amides is 2. The van der Waals surface area contributed by atoms with Crippen LogP contribution < -0.4 is 15.4 Å². The molecule has 106 valence electrons. The molecule has 1 heterocycles. The first kappa shape index (κ1) is 14.1. The van der Waals surface area contributed by atoms with Crippen molar-refractivity contribution < 1.29 is 14.3 Å². The first-order valence-corrected chi connectivity index (χ1v) is 6.62. The molecule has 2 rings (SSSR count). The number of rotatable bonds is 5. The lowest BCUT2D eigenvalue weighted by Gasteiger charge is -2.26. The second kappa shape index (κ2) is 6.75. The molecule has 5 nitrogen and oxygen atoms in total. The Morgan fingerprint density at radius 2 is 2.20 bits per heavy atom. The highest BCUT2D eigenvalue weighted by atomic mass is 16.5. The van der Waals surface area contributed by atoms with Crippen molar-refractivity contribution in [3.8, 4) is 5.75 Å². The second-order valence-corrected chi connectivity index (χ2v) is 4.54. The van der Waals surface area contributed by atoms with Crippen molar-refractivity contribution in [2.75, 3.05) is 13.2 Å². The molecule has 0 radical (unpaired) electrons. The summed E-state index contributed by atoms with van der Waals surface area (Å²) in [5.74, 6) is 0.467. The van der Waals surface area contributed by atoms with Gasteiger partial charge in [-0.15, -0.1) is 0 Å². The van der Waals surface area contributed by atoms with Crippen LogP contribution in [0.15, 0.2) is 36.9 Å². The molecule has 20 heavy (non-hydrogen) atoms. The molecule has 1 aromatic carbocycles. The third kappa shape index (κ3) is 3.60. The average molecular weight is 274 g/mol. The fourth-order valence-corrected chi connectivity index (χ4v) is 2.13. The summed E-state index contributed by atoms with van der Waals surface area (Å²) in [6, 6.07) is 7.67. The summed E-state index contributed by atoms with van der Waals surface area (Å²) >= 11 is 0. The number of para-hydroxylation sites is 1. The molecule has 5 heteroatoms. The van der Waals surface area contributed by atoms with E-state index in [1.165, 1.54) is 6.08 Å². The van der Waals surface area contributed by atoms with Crippen LogP contribution in [-0.4, -0.2) is 25.0 Å². The Balaban J connectivity index is 1.86. The Hall–Kier alpha value is -2.30. The minimum absolute atomic E-state index is 0.0254. The van der Waals surface area contributed by atoms with Gasteiger partial charge in [0, 0.05) is 24.9 Å². The summed E-state index contributed by atoms with van der Waals surface area (Å²) in [5, 5.41) is 5.55. The van der Waals surface area contributed by atoms with Crippen molar-refractivity contribution in [1.29, 1.82) is 0 Å². The second-order valence-electron chi connectivity index (χ2n) is 4.54. The predicted octanol–water partition coefficient (Wildman–Crippen LogP) is 1.32. The summed E-state index contributed by atoms with van der Waals surface area (Å²) in [5.41, 5.74) is 1.00. The highest BCUT2D eigenvalue weighted by Gasteiger charge is 2.22. The zero-order valence-corrected chi connectivity index (χ0v) is 11.2. The number of ether oxygens (including phenoxy) is 1. The monoisotopic (exact) mass is 274 g/mol. The van der Waals surface area contributed by atoms with Crippen molar-refractivity contribution >= 4 is 11.8 Å². The standard InChI is InChI=1S/C15H18N2O3/c1-2-14(18)16-9-7-15(19)17-12-8-10-20-13-6-4-3-5-11(12)13/h2-6,12H,1,7-10H2,(H,16,18)(H,17,19). The quantitative estimate of drug-likeness (QED) is 0.796. The van der Waals surface area contributed by atoms with Gasteiger partial charge < -0.3 is 15.4 Å². The minimum Gasteiger partial charge on any atom is -0.493 e. The SMILES string of the molecule is C=CC(=O)NCCC(=O)NC1CCOc2ccccc21. The van der Waals surface area contributed by atoms with Crippen LogP contribution >= 0.6 is 0 Å². The zero-order chi connectivity index (χ0) is 14.4. The number of fused-ring (bicyclic) bond motifs is 1. The van der Waals surface area contributed by atoms with E-state index in [0.717, 1.165) is 17.7 Å². The molecule has 0 spiro atoms. The molecular formula is C15H18N2O3. The lowest BCUT2D eigenvalue weighted by Crippen LogP contribution is -2.34. The summed E-state index contributed by atoms with van der Waals surface area (Å²) in [4.78, 5) is 22.8. The summed E-state index contributed by atoms with van der Waals surface area (Å²) < 4.78 is 5.54. The minimum atomic E-state index is -0.269. The number of benzene rings is 1. The van der Waals surface area contributed by atoms with Gasteiger partial charge in [0.1, 0.15) is 5.75 Å². The average Bonchev–Trinajstić information content (AvgIpc) is 2.47. The topological polar surface area (TPSA) is 67.4 Å². The number of hydrogen-bond donors (Lipinski definition) is 2. The van der Waals surface area contributed by atoms with Gasteiger partial charge in [0.2, 0.25) is 11.8 Å². The normalized spacial score (nSPS) is 16.5. The van der Waals surface area contributed by atoms with Gasteiger partial charge in [-0.05, 0) is 12.1 Å². The van der Waals surface area contributed by atoms with Gasteiger partial charge in [0.15, 0.2) is 0 Å². The predicted molar refractivity (Wildman–Crippen MR) is 75.3 cm³/mol. The summed E-state index contributed by atoms with van der Waals surface area (Å²) in [7, 11) is 0. The Bertz CT molecular complexity index is 514. The maximum Gasteiger partial charge on any atom is 0.243 e. The lowest BCUT2D eigenvalue weighted by atomic mass is 10.0. The molecule has 1 aromatic rings. The maximum absolute atomic E-state index is 11.9. The van der Waals surface area contributed by atoms with Crippen molar-refractivity contribution in [3.63, 3.8) is 0 Å². The van der Waals surface area contributed by atoms with E-state index in [4.69, 9.17) is 4.74 Å². The summed E-state index contributed by atoms with van der Waals surface area (Å²) in [6.07, 6.45) is 2.19. The maximum atomic E-state index is 11.9. The van der Waals surface area contributed by atoms with E-state index in [9.17, 15) is 9.59 Å². The van der Waals surface area contributed by atoms with Gasteiger partial charge in [0.25, 0.3) is 0 Å². The molecule has 2 N–H and O–H groups in total. The fraction of sp³-hybridized carbons (Fsp3) is 0.333. The fourth-order valence-electron chi connectivity index (χ4n) is 2.13. The first-order chi connectivity index (χ1) is 9.70. The van der Waals surface area contributed by atoms with Gasteiger partial charge >= 0.3 is 0 Å². The molecule has 1 unspecified atom stereocenters. The Morgan fingerprint density at radius 1 is 1.40 bits per heavy atom. The number of carbonyl (C=O) groups excluding carboxylic acids is 2. The van der Waals surface area contributed by atoms with Gasteiger partial charge in [-0.2, -0.15) is 0 Å². The highest BCUT2D eigenvalue weighted by molar-refractivity contribution is 5.87. The third-order valence-electron chi connectivity index (χ3n) is 3.13. The molecule has 1 aliphatic rings. The van der Waals surface area contributed by atoms with E-state index >= 15 is 0 Å². The van der Waals surface area contributed by atoms with Gasteiger partial charge in [-0.25, -0.2) is 0 Å². The Labute approximate surface area is 118 Å². The van der Waals surface area contributed by atoms with Crippen LogP contribution in [0.4, 0.5) is 0 Å². The van der Waals surface area contributed by atoms with Crippen molar-refractivity contribution in [2.24, 2.45) is 0 Å². The Morgan fingerprint density at radius 3 is 3.00 bits per heavy atom. The summed E-state index contributed by atoms with van der Waals surface area (Å²) in [6.45, 7) is 4.25. The number of nitrogens with one attached hydrogen (secondary N) is 2. The largest absolute Gasteiger partial charge is 0.493 e. The molecule has 0 saturated heterocycles. The van der Waals surface area contributed by atoms with E-state index in [-0.39, 0.29) is 24.3 Å². The van der Waals surface area contributed by atoms with E-state index in [1.54, 1.807) is 0 Å². The van der Waals surface area contributed by atoms with Crippen LogP contribution in [0.5, 0.6) is 5.75 Å². The van der Waals surface area contributed by atoms with E-state index < -0.39 is 0 Å². The van der Waals surface area contributed by atoms with Crippen LogP contribution in [0.1, 0.15) is 24.4 Å². The van der Waals surface area contributed by atoms with Crippen LogP contribution in [0.3, 0.4) is 0 Å². The van der Waals surface area contributed by atoms with Crippen LogP contribution in [0.2, 0.25) is 0 Å². The van der Waals surface area contributed by atoms with Crippen LogP contribution in [0, 0.1) is 0 Å². The molecule has 0 saturated carbocycles. The van der Waals surface area contributed by atoms with Crippen molar-refractivity contribution in [2.45, 2.75) is 18.9 Å². The number of carbonyl (C=O) groups is 2. The van der Waals surface area contributed by atoms with Crippen LogP contribution in [-0.2, 0) is 9.59 Å². The molecule has 1 atom stereocenters. The molecule has 1 aliphatic heterocycles. The molecule has 2 amide bonds. The Kier molecular flexibility index (Phi) is 4.76. The number of hydrogen-bond acceptors (Lipinski definition) is 3. The first-order valence-electron chi connectivity index (χ1n) is 6.62. The third-order valence-corrected chi connectivity index (χ3v) is 3.13. The van der Waals surface area contributed by atoms with E-state index in [1.807, 2.05) is 24.3 Å².